The molecule has 0 aromatic heterocycles. The minimum atomic E-state index is -2.94. The zero-order valence-electron chi connectivity index (χ0n) is 10.5. The van der Waals surface area contributed by atoms with E-state index in [9.17, 15) is 13.6 Å². The number of hydrogen-bond acceptors (Lipinski definition) is 3. The Hall–Kier alpha value is -1.40. The third kappa shape index (κ3) is 5.00. The molecule has 3 N–H and O–H groups in total. The topological polar surface area (TPSA) is 64.4 Å². The second kappa shape index (κ2) is 6.16. The number of carbonyl (C=O) groups excluding carboxylic acids is 1. The van der Waals surface area contributed by atoms with Gasteiger partial charge in [-0.3, -0.25) is 4.79 Å². The summed E-state index contributed by atoms with van der Waals surface area (Å²) in [7, 11) is 0. The van der Waals surface area contributed by atoms with Gasteiger partial charge in [0, 0.05) is 17.1 Å². The molecule has 0 radical (unpaired) electrons. The number of ether oxygens (including phenoxy) is 1. The molecule has 4 nitrogen and oxygen atoms in total. The summed E-state index contributed by atoms with van der Waals surface area (Å²) in [5, 5.41) is 2.89. The maximum absolute atomic E-state index is 12.2. The maximum Gasteiger partial charge on any atom is 0.387 e. The average Bonchev–Trinajstić information content (AvgIpc) is 2.27. The smallest absolute Gasteiger partial charge is 0.387 e. The second-order valence-electron chi connectivity index (χ2n) is 4.53. The lowest BCUT2D eigenvalue weighted by Crippen LogP contribution is -2.48. The average molecular weight is 293 g/mol. The monoisotopic (exact) mass is 292 g/mol. The number of nitrogens with one attached hydrogen (secondary N) is 1. The SMILES string of the molecule is CC(C)(N)C(=O)NCc1cc(Cl)ccc1OC(F)F. The molecule has 1 aromatic carbocycles. The van der Waals surface area contributed by atoms with Crippen LogP contribution in [0.15, 0.2) is 18.2 Å². The summed E-state index contributed by atoms with van der Waals surface area (Å²) in [6, 6.07) is 4.20. The number of rotatable bonds is 5. The van der Waals surface area contributed by atoms with Gasteiger partial charge >= 0.3 is 6.61 Å². The zero-order valence-corrected chi connectivity index (χ0v) is 11.3. The van der Waals surface area contributed by atoms with Crippen LogP contribution < -0.4 is 15.8 Å². The van der Waals surface area contributed by atoms with Crippen molar-refractivity contribution in [2.75, 3.05) is 0 Å². The molecule has 19 heavy (non-hydrogen) atoms. The highest BCUT2D eigenvalue weighted by molar-refractivity contribution is 6.30. The van der Waals surface area contributed by atoms with E-state index in [-0.39, 0.29) is 12.3 Å². The highest BCUT2D eigenvalue weighted by Gasteiger charge is 2.21. The fraction of sp³-hybridized carbons (Fsp3) is 0.417. The van der Waals surface area contributed by atoms with Crippen LogP contribution in [0.4, 0.5) is 8.78 Å². The predicted octanol–water partition coefficient (Wildman–Crippen LogP) is 2.29. The highest BCUT2D eigenvalue weighted by Crippen LogP contribution is 2.24. The summed E-state index contributed by atoms with van der Waals surface area (Å²) < 4.78 is 28.8. The van der Waals surface area contributed by atoms with Crippen molar-refractivity contribution < 1.29 is 18.3 Å². The van der Waals surface area contributed by atoms with Gasteiger partial charge in [-0.25, -0.2) is 0 Å². The lowest BCUT2D eigenvalue weighted by Gasteiger charge is -2.18. The van der Waals surface area contributed by atoms with Gasteiger partial charge in [0.15, 0.2) is 0 Å². The minimum absolute atomic E-state index is 0.00206. The van der Waals surface area contributed by atoms with Gasteiger partial charge in [-0.05, 0) is 32.0 Å². The van der Waals surface area contributed by atoms with Gasteiger partial charge < -0.3 is 15.8 Å². The minimum Gasteiger partial charge on any atom is -0.434 e. The summed E-state index contributed by atoms with van der Waals surface area (Å²) in [5.41, 5.74) is 4.90. The Morgan fingerprint density at radius 3 is 2.68 bits per heavy atom. The van der Waals surface area contributed by atoms with Crippen LogP contribution in [-0.2, 0) is 11.3 Å². The van der Waals surface area contributed by atoms with Crippen molar-refractivity contribution in [2.45, 2.75) is 32.5 Å². The summed E-state index contributed by atoms with van der Waals surface area (Å²) >= 11 is 5.78. The van der Waals surface area contributed by atoms with E-state index < -0.39 is 18.1 Å². The summed E-state index contributed by atoms with van der Waals surface area (Å²) in [6.07, 6.45) is 0. The molecule has 0 aliphatic heterocycles. The van der Waals surface area contributed by atoms with Gasteiger partial charge in [-0.2, -0.15) is 8.78 Å². The molecule has 1 aromatic rings. The van der Waals surface area contributed by atoms with Gasteiger partial charge in [0.25, 0.3) is 0 Å². The molecule has 0 heterocycles. The van der Waals surface area contributed by atoms with Crippen LogP contribution in [0.3, 0.4) is 0 Å². The fourth-order valence-corrected chi connectivity index (χ4v) is 1.50. The molecule has 0 saturated heterocycles. The van der Waals surface area contributed by atoms with Gasteiger partial charge in [0.1, 0.15) is 5.75 Å². The first kappa shape index (κ1) is 15.7. The Bertz CT molecular complexity index is 462. The number of hydrogen-bond donors (Lipinski definition) is 2. The van der Waals surface area contributed by atoms with E-state index >= 15 is 0 Å². The normalized spacial score (nSPS) is 11.5. The Morgan fingerprint density at radius 2 is 2.16 bits per heavy atom. The molecule has 0 atom stereocenters. The van der Waals surface area contributed by atoms with Crippen molar-refractivity contribution in [2.24, 2.45) is 5.73 Å². The summed E-state index contributed by atoms with van der Waals surface area (Å²) in [5.74, 6) is -0.440. The molecule has 7 heteroatoms. The summed E-state index contributed by atoms with van der Waals surface area (Å²) in [4.78, 5) is 11.6. The zero-order chi connectivity index (χ0) is 14.6. The first-order valence-electron chi connectivity index (χ1n) is 5.50. The number of halogens is 3. The van der Waals surface area contributed by atoms with E-state index in [2.05, 4.69) is 10.1 Å². The van der Waals surface area contributed by atoms with Crippen molar-refractivity contribution >= 4 is 17.5 Å². The van der Waals surface area contributed by atoms with Crippen LogP contribution in [0.2, 0.25) is 5.02 Å². The quantitative estimate of drug-likeness (QED) is 0.875. The lowest BCUT2D eigenvalue weighted by atomic mass is 10.1. The van der Waals surface area contributed by atoms with Gasteiger partial charge in [0.05, 0.1) is 5.54 Å². The van der Waals surface area contributed by atoms with Crippen molar-refractivity contribution in [3.8, 4) is 5.75 Å². The Labute approximate surface area is 114 Å². The van der Waals surface area contributed by atoms with Crippen LogP contribution in [0, 0.1) is 0 Å². The van der Waals surface area contributed by atoms with E-state index in [1.165, 1.54) is 32.0 Å². The van der Waals surface area contributed by atoms with Crippen molar-refractivity contribution in [1.82, 2.24) is 5.32 Å². The van der Waals surface area contributed by atoms with Gasteiger partial charge in [0.2, 0.25) is 5.91 Å². The third-order valence-corrected chi connectivity index (χ3v) is 2.50. The first-order chi connectivity index (χ1) is 8.70. The molecule has 0 unspecified atom stereocenters. The second-order valence-corrected chi connectivity index (χ2v) is 4.97. The first-order valence-corrected chi connectivity index (χ1v) is 5.88. The fourth-order valence-electron chi connectivity index (χ4n) is 1.30. The van der Waals surface area contributed by atoms with Crippen LogP contribution in [-0.4, -0.2) is 18.1 Å². The predicted molar refractivity (Wildman–Crippen MR) is 68.2 cm³/mol. The van der Waals surface area contributed by atoms with E-state index in [4.69, 9.17) is 17.3 Å². The number of nitrogens with two attached hydrogens (primary N) is 1. The molecule has 0 aliphatic carbocycles. The van der Waals surface area contributed by atoms with E-state index in [1.54, 1.807) is 0 Å². The lowest BCUT2D eigenvalue weighted by molar-refractivity contribution is -0.125. The molecule has 0 bridgehead atoms. The van der Waals surface area contributed by atoms with Crippen LogP contribution >= 0.6 is 11.6 Å². The molecule has 106 valence electrons. The Kier molecular flexibility index (Phi) is 5.08. The van der Waals surface area contributed by atoms with Crippen LogP contribution in [0.5, 0.6) is 5.75 Å². The Balaban J connectivity index is 2.81. The number of benzene rings is 1. The highest BCUT2D eigenvalue weighted by atomic mass is 35.5. The van der Waals surface area contributed by atoms with E-state index in [0.717, 1.165) is 0 Å². The molecular weight excluding hydrogens is 278 g/mol. The summed E-state index contributed by atoms with van der Waals surface area (Å²) in [6.45, 7) is 0.136. The van der Waals surface area contributed by atoms with Crippen LogP contribution in [0.1, 0.15) is 19.4 Å². The number of carbonyl (C=O) groups is 1. The molecule has 1 amide bonds. The van der Waals surface area contributed by atoms with Crippen molar-refractivity contribution in [1.29, 1.82) is 0 Å². The van der Waals surface area contributed by atoms with Gasteiger partial charge in [-0.15, -0.1) is 0 Å². The molecule has 0 fully saturated rings. The molecule has 1 rings (SSSR count). The molecule has 0 saturated carbocycles. The van der Waals surface area contributed by atoms with Gasteiger partial charge in [-0.1, -0.05) is 11.6 Å². The molecule has 0 spiro atoms. The molecular formula is C12H15ClF2N2O2. The largest absolute Gasteiger partial charge is 0.434 e. The third-order valence-electron chi connectivity index (χ3n) is 2.26. The number of alkyl halides is 2. The number of amides is 1. The van der Waals surface area contributed by atoms with E-state index in [0.29, 0.717) is 10.6 Å². The maximum atomic E-state index is 12.2. The van der Waals surface area contributed by atoms with E-state index in [1.807, 2.05) is 0 Å². The standard InChI is InChI=1S/C12H15ClF2N2O2/c1-12(2,16)10(18)17-6-7-5-8(13)3-4-9(7)19-11(14)15/h3-5,11H,6,16H2,1-2H3,(H,17,18). The molecule has 0 aliphatic rings. The van der Waals surface area contributed by atoms with Crippen molar-refractivity contribution in [3.05, 3.63) is 28.8 Å². The van der Waals surface area contributed by atoms with Crippen molar-refractivity contribution in [3.63, 3.8) is 0 Å². The Morgan fingerprint density at radius 1 is 1.53 bits per heavy atom. The van der Waals surface area contributed by atoms with Crippen LogP contribution in [0.25, 0.3) is 0 Å².